The van der Waals surface area contributed by atoms with Crippen LogP contribution >= 0.6 is 0 Å². The molecular formula is C32H24F5N3O4. The number of nitrogens with zero attached hydrogens (tertiary/aromatic N) is 3. The van der Waals surface area contributed by atoms with Gasteiger partial charge < -0.3 is 19.1 Å². The number of benzene rings is 3. The number of fused-ring (bicyclic) bond motifs is 1. The number of carbonyl (C=O) groups is 1. The van der Waals surface area contributed by atoms with Crippen LogP contribution in [-0.2, 0) is 24.3 Å². The average Bonchev–Trinajstić information content (AvgIpc) is 3.30. The van der Waals surface area contributed by atoms with Crippen molar-refractivity contribution >= 4 is 17.0 Å². The van der Waals surface area contributed by atoms with E-state index in [9.17, 15) is 23.1 Å². The molecule has 44 heavy (non-hydrogen) atoms. The summed E-state index contributed by atoms with van der Waals surface area (Å²) in [4.78, 5) is 19.8. The van der Waals surface area contributed by atoms with Gasteiger partial charge in [-0.3, -0.25) is 0 Å². The molecule has 6 rings (SSSR count). The van der Waals surface area contributed by atoms with Crippen molar-refractivity contribution in [2.75, 3.05) is 6.61 Å². The summed E-state index contributed by atoms with van der Waals surface area (Å²) >= 11 is 0. The van der Waals surface area contributed by atoms with E-state index in [-0.39, 0.29) is 70.5 Å². The van der Waals surface area contributed by atoms with Crippen LogP contribution in [0.3, 0.4) is 0 Å². The second-order valence-electron chi connectivity index (χ2n) is 10.5. The number of pyridine rings is 1. The third-order valence-corrected chi connectivity index (χ3v) is 7.46. The molecule has 7 nitrogen and oxygen atoms in total. The summed E-state index contributed by atoms with van der Waals surface area (Å²) in [6.07, 6.45) is 0.239. The van der Waals surface area contributed by atoms with Crippen molar-refractivity contribution in [1.29, 1.82) is 0 Å². The molecule has 226 valence electrons. The number of carboxylic acid groups (broad SMARTS) is 1. The van der Waals surface area contributed by atoms with Crippen LogP contribution in [0.1, 0.15) is 39.3 Å². The van der Waals surface area contributed by atoms with E-state index in [1.165, 1.54) is 18.2 Å². The van der Waals surface area contributed by atoms with Crippen molar-refractivity contribution in [1.82, 2.24) is 14.5 Å². The van der Waals surface area contributed by atoms with E-state index in [4.69, 9.17) is 9.47 Å². The van der Waals surface area contributed by atoms with Gasteiger partial charge in [0.2, 0.25) is 0 Å². The standard InChI is InChI=1S/C32H24F5N3O4/c1-16-2-3-17(23(34)8-16)15-44-31-22(33)4-5-27(38-31)21-13-24(35)18(9-25(21)36)12-29-39-30-26(37)10-19(32(41)42)11-28(30)40(29)14-20-6-7-43-20/h2-5,8-11,13,20H,6-7,12,14-15H2,1H3,(H,41,42). The maximum atomic E-state index is 15.4. The monoisotopic (exact) mass is 609 g/mol. The van der Waals surface area contributed by atoms with E-state index in [1.54, 1.807) is 17.6 Å². The number of rotatable bonds is 9. The average molecular weight is 610 g/mol. The highest BCUT2D eigenvalue weighted by atomic mass is 19.1. The van der Waals surface area contributed by atoms with Crippen LogP contribution in [0.25, 0.3) is 22.3 Å². The quantitative estimate of drug-likeness (QED) is 0.186. The van der Waals surface area contributed by atoms with Crippen LogP contribution in [0, 0.1) is 36.0 Å². The number of ether oxygens (including phenoxy) is 2. The Morgan fingerprint density at radius 3 is 2.41 bits per heavy atom. The molecule has 12 heteroatoms. The number of hydrogen-bond donors (Lipinski definition) is 1. The summed E-state index contributed by atoms with van der Waals surface area (Å²) < 4.78 is 86.8. The first-order valence-electron chi connectivity index (χ1n) is 13.6. The fraction of sp³-hybridized carbons (Fsp3) is 0.219. The normalized spacial score (nSPS) is 14.5. The molecule has 0 spiro atoms. The minimum atomic E-state index is -1.33. The van der Waals surface area contributed by atoms with Gasteiger partial charge in [0.25, 0.3) is 5.88 Å². The van der Waals surface area contributed by atoms with Gasteiger partial charge in [-0.2, -0.15) is 0 Å². The molecule has 5 aromatic rings. The van der Waals surface area contributed by atoms with E-state index >= 15 is 8.78 Å². The number of hydrogen-bond acceptors (Lipinski definition) is 5. The Hall–Kier alpha value is -4.84. The zero-order valence-electron chi connectivity index (χ0n) is 23.2. The molecule has 0 aliphatic carbocycles. The topological polar surface area (TPSA) is 86.5 Å². The Bertz CT molecular complexity index is 1920. The van der Waals surface area contributed by atoms with Crippen molar-refractivity contribution in [3.63, 3.8) is 0 Å². The fourth-order valence-corrected chi connectivity index (χ4v) is 5.00. The molecule has 0 radical (unpaired) electrons. The van der Waals surface area contributed by atoms with Gasteiger partial charge >= 0.3 is 5.97 Å². The molecule has 1 N–H and O–H groups in total. The van der Waals surface area contributed by atoms with Crippen molar-refractivity contribution in [2.24, 2.45) is 0 Å². The van der Waals surface area contributed by atoms with Gasteiger partial charge in [-0.25, -0.2) is 36.7 Å². The Morgan fingerprint density at radius 1 is 0.932 bits per heavy atom. The van der Waals surface area contributed by atoms with E-state index in [0.29, 0.717) is 18.6 Å². The minimum Gasteiger partial charge on any atom is -0.478 e. The lowest BCUT2D eigenvalue weighted by Crippen LogP contribution is -2.31. The molecule has 0 amide bonds. The smallest absolute Gasteiger partial charge is 0.335 e. The largest absolute Gasteiger partial charge is 0.478 e. The van der Waals surface area contributed by atoms with Crippen LogP contribution in [-0.4, -0.2) is 38.3 Å². The highest BCUT2D eigenvalue weighted by Gasteiger charge is 2.25. The zero-order chi connectivity index (χ0) is 31.1. The van der Waals surface area contributed by atoms with Crippen molar-refractivity contribution in [3.05, 3.63) is 112 Å². The Kier molecular flexibility index (Phi) is 7.76. The van der Waals surface area contributed by atoms with Crippen LogP contribution in [0.5, 0.6) is 5.88 Å². The molecule has 1 saturated heterocycles. The zero-order valence-corrected chi connectivity index (χ0v) is 23.2. The first-order valence-corrected chi connectivity index (χ1v) is 13.6. The first kappa shape index (κ1) is 29.2. The highest BCUT2D eigenvalue weighted by Crippen LogP contribution is 2.30. The van der Waals surface area contributed by atoms with Crippen molar-refractivity contribution in [2.45, 2.75) is 39.0 Å². The number of imidazole rings is 1. The Balaban J connectivity index is 1.31. The van der Waals surface area contributed by atoms with E-state index in [2.05, 4.69) is 9.97 Å². The summed E-state index contributed by atoms with van der Waals surface area (Å²) in [7, 11) is 0. The van der Waals surface area contributed by atoms with E-state index < -0.39 is 40.9 Å². The van der Waals surface area contributed by atoms with Crippen LogP contribution in [0.2, 0.25) is 0 Å². The summed E-state index contributed by atoms with van der Waals surface area (Å²) in [5, 5.41) is 9.40. The van der Waals surface area contributed by atoms with Crippen LogP contribution in [0.4, 0.5) is 22.0 Å². The number of aromatic carboxylic acids is 1. The van der Waals surface area contributed by atoms with Gasteiger partial charge in [-0.1, -0.05) is 12.1 Å². The highest BCUT2D eigenvalue weighted by molar-refractivity contribution is 5.92. The Morgan fingerprint density at radius 2 is 1.70 bits per heavy atom. The van der Waals surface area contributed by atoms with Crippen LogP contribution in [0.15, 0.2) is 54.6 Å². The number of aromatic nitrogens is 3. The lowest BCUT2D eigenvalue weighted by atomic mass is 10.0. The van der Waals surface area contributed by atoms with Gasteiger partial charge in [-0.05, 0) is 66.9 Å². The molecule has 1 aliphatic rings. The van der Waals surface area contributed by atoms with E-state index in [0.717, 1.165) is 30.3 Å². The minimum absolute atomic E-state index is 0.101. The Labute approximate surface area is 247 Å². The third-order valence-electron chi connectivity index (χ3n) is 7.46. The third kappa shape index (κ3) is 5.72. The van der Waals surface area contributed by atoms with Crippen LogP contribution < -0.4 is 4.74 Å². The molecule has 3 heterocycles. The summed E-state index contributed by atoms with van der Waals surface area (Å²) in [6, 6.07) is 10.6. The number of carboxylic acids is 1. The van der Waals surface area contributed by atoms with Gasteiger partial charge in [0, 0.05) is 24.2 Å². The first-order chi connectivity index (χ1) is 21.1. The van der Waals surface area contributed by atoms with E-state index in [1.807, 2.05) is 0 Å². The van der Waals surface area contributed by atoms with Gasteiger partial charge in [-0.15, -0.1) is 0 Å². The van der Waals surface area contributed by atoms with Gasteiger partial charge in [0.05, 0.1) is 29.4 Å². The number of aryl methyl sites for hydroxylation is 1. The molecule has 1 atom stereocenters. The van der Waals surface area contributed by atoms with Crippen molar-refractivity contribution < 1.29 is 41.3 Å². The van der Waals surface area contributed by atoms with Gasteiger partial charge in [0.15, 0.2) is 11.6 Å². The number of halogens is 5. The van der Waals surface area contributed by atoms with Crippen molar-refractivity contribution in [3.8, 4) is 17.1 Å². The molecule has 0 saturated carbocycles. The maximum absolute atomic E-state index is 15.4. The summed E-state index contributed by atoms with van der Waals surface area (Å²) in [5.74, 6) is -5.63. The SMILES string of the molecule is Cc1ccc(COc2nc(-c3cc(F)c(Cc4nc5c(F)cc(C(=O)O)cc5n4CC4CCO4)cc3F)ccc2F)c(F)c1. The van der Waals surface area contributed by atoms with Gasteiger partial charge in [0.1, 0.15) is 35.4 Å². The predicted octanol–water partition coefficient (Wildman–Crippen LogP) is 6.76. The molecule has 1 aliphatic heterocycles. The fourth-order valence-electron chi connectivity index (χ4n) is 5.00. The molecule has 1 unspecified atom stereocenters. The molecule has 3 aromatic carbocycles. The predicted molar refractivity (Wildman–Crippen MR) is 149 cm³/mol. The maximum Gasteiger partial charge on any atom is 0.335 e. The second-order valence-corrected chi connectivity index (χ2v) is 10.5. The summed E-state index contributed by atoms with van der Waals surface area (Å²) in [6.45, 7) is 2.13. The lowest BCUT2D eigenvalue weighted by molar-refractivity contribution is -0.0589. The molecule has 0 bridgehead atoms. The lowest BCUT2D eigenvalue weighted by Gasteiger charge is -2.27. The second kappa shape index (κ2) is 11.7. The summed E-state index contributed by atoms with van der Waals surface area (Å²) in [5.41, 5.74) is 0.176. The molecular weight excluding hydrogens is 585 g/mol. The molecule has 2 aromatic heterocycles. The molecule has 1 fully saturated rings.